The summed E-state index contributed by atoms with van der Waals surface area (Å²) in [6.07, 6.45) is 0. The molecule has 1 N–H and O–H groups in total. The zero-order chi connectivity index (χ0) is 18.0. The van der Waals surface area contributed by atoms with E-state index in [0.29, 0.717) is 22.8 Å². The van der Waals surface area contributed by atoms with Gasteiger partial charge in [0.1, 0.15) is 6.04 Å². The van der Waals surface area contributed by atoms with Crippen molar-refractivity contribution >= 4 is 6.03 Å². The smallest absolute Gasteiger partial charge is 0.322 e. The highest BCUT2D eigenvalue weighted by Gasteiger charge is 2.39. The van der Waals surface area contributed by atoms with E-state index in [1.807, 2.05) is 0 Å². The van der Waals surface area contributed by atoms with Gasteiger partial charge < -0.3 is 19.5 Å². The molecule has 0 saturated heterocycles. The summed E-state index contributed by atoms with van der Waals surface area (Å²) in [4.78, 5) is 24.3. The largest absolute Gasteiger partial charge is 0.493 e. The van der Waals surface area contributed by atoms with Gasteiger partial charge in [0.2, 0.25) is 5.75 Å². The minimum absolute atomic E-state index is 0.119. The molecule has 0 spiro atoms. The summed E-state index contributed by atoms with van der Waals surface area (Å²) in [6, 6.07) is 1.79. The van der Waals surface area contributed by atoms with Crippen molar-refractivity contribution < 1.29 is 23.9 Å². The molecule has 1 atom stereocenters. The molecule has 1 aliphatic rings. The number of methoxy groups -OCH3 is 3. The van der Waals surface area contributed by atoms with Gasteiger partial charge >= 0.3 is 6.03 Å². The third kappa shape index (κ3) is 2.80. The number of urea groups is 1. The number of hydrogen-bond donors (Lipinski definition) is 1. The number of amides is 2. The first-order chi connectivity index (χ1) is 11.3. The molecule has 0 saturated carbocycles. The molecular formula is C15H19N3O6. The first-order valence-electron chi connectivity index (χ1n) is 7.05. The van der Waals surface area contributed by atoms with E-state index in [4.69, 9.17) is 14.2 Å². The summed E-state index contributed by atoms with van der Waals surface area (Å²) in [5.74, 6) is 1.06. The van der Waals surface area contributed by atoms with Gasteiger partial charge in [0.05, 0.1) is 31.9 Å². The lowest BCUT2D eigenvalue weighted by Crippen LogP contribution is -2.45. The maximum atomic E-state index is 12.1. The summed E-state index contributed by atoms with van der Waals surface area (Å²) >= 11 is 0. The van der Waals surface area contributed by atoms with E-state index in [2.05, 4.69) is 5.32 Å². The second kappa shape index (κ2) is 6.65. The summed E-state index contributed by atoms with van der Waals surface area (Å²) in [5.41, 5.74) is 0.603. The van der Waals surface area contributed by atoms with Gasteiger partial charge in [-0.25, -0.2) is 4.79 Å². The highest BCUT2D eigenvalue weighted by atomic mass is 16.6. The minimum atomic E-state index is -0.933. The number of carbonyl (C=O) groups excluding carboxylic acids is 1. The van der Waals surface area contributed by atoms with Crippen molar-refractivity contribution in [2.45, 2.75) is 13.0 Å². The molecule has 1 aromatic rings. The zero-order valence-electron chi connectivity index (χ0n) is 14.1. The van der Waals surface area contributed by atoms with Crippen LogP contribution in [0.2, 0.25) is 0 Å². The Morgan fingerprint density at radius 2 is 1.71 bits per heavy atom. The topological polar surface area (TPSA) is 103 Å². The third-order valence-corrected chi connectivity index (χ3v) is 3.94. The lowest BCUT2D eigenvalue weighted by molar-refractivity contribution is -0.433. The fourth-order valence-electron chi connectivity index (χ4n) is 2.57. The molecule has 0 fully saturated rings. The molecular weight excluding hydrogens is 318 g/mol. The van der Waals surface area contributed by atoms with E-state index >= 15 is 0 Å². The number of nitro groups is 1. The summed E-state index contributed by atoms with van der Waals surface area (Å²) in [5, 5.41) is 14.1. The van der Waals surface area contributed by atoms with Crippen LogP contribution in [0.15, 0.2) is 23.5 Å². The van der Waals surface area contributed by atoms with E-state index in [0.717, 1.165) is 0 Å². The van der Waals surface area contributed by atoms with Crippen molar-refractivity contribution in [3.63, 3.8) is 0 Å². The van der Waals surface area contributed by atoms with Crippen LogP contribution in [-0.2, 0) is 0 Å². The van der Waals surface area contributed by atoms with Crippen molar-refractivity contribution in [1.29, 1.82) is 0 Å². The predicted octanol–water partition coefficient (Wildman–Crippen LogP) is 1.92. The standard InChI is InChI=1S/C15H19N3O6/c1-8-13(18(20)21)12(16-15(19)17(8)2)9-6-10(22-3)14(24-5)11(7-9)23-4/h6-7,12H,1-5H3,(H,16,19)/t12-/m1/s1. The molecule has 130 valence electrons. The fraction of sp³-hybridized carbons (Fsp3) is 0.400. The Kier molecular flexibility index (Phi) is 4.82. The lowest BCUT2D eigenvalue weighted by atomic mass is 9.99. The van der Waals surface area contributed by atoms with Crippen LogP contribution >= 0.6 is 0 Å². The SMILES string of the molecule is COc1cc([C@H]2NC(=O)N(C)C(C)=C2[N+](=O)[O-])cc(OC)c1OC. The number of benzene rings is 1. The minimum Gasteiger partial charge on any atom is -0.493 e. The van der Waals surface area contributed by atoms with Crippen LogP contribution in [0.4, 0.5) is 4.79 Å². The van der Waals surface area contributed by atoms with Crippen molar-refractivity contribution in [3.05, 3.63) is 39.2 Å². The van der Waals surface area contributed by atoms with Gasteiger partial charge in [0.25, 0.3) is 5.70 Å². The van der Waals surface area contributed by atoms with E-state index in [-0.39, 0.29) is 11.4 Å². The fourth-order valence-corrected chi connectivity index (χ4v) is 2.57. The maximum Gasteiger partial charge on any atom is 0.322 e. The zero-order valence-corrected chi connectivity index (χ0v) is 14.1. The van der Waals surface area contributed by atoms with Crippen LogP contribution in [0.5, 0.6) is 17.2 Å². The average molecular weight is 337 g/mol. The van der Waals surface area contributed by atoms with Gasteiger partial charge in [-0.1, -0.05) is 0 Å². The Hall–Kier alpha value is -2.97. The average Bonchev–Trinajstić information content (AvgIpc) is 2.57. The number of ether oxygens (including phenoxy) is 3. The van der Waals surface area contributed by atoms with Crippen molar-refractivity contribution in [2.24, 2.45) is 0 Å². The summed E-state index contributed by atoms with van der Waals surface area (Å²) < 4.78 is 15.8. The number of nitrogens with zero attached hydrogens (tertiary/aromatic N) is 2. The normalized spacial score (nSPS) is 17.5. The van der Waals surface area contributed by atoms with Gasteiger partial charge in [0, 0.05) is 7.05 Å². The van der Waals surface area contributed by atoms with Crippen LogP contribution < -0.4 is 19.5 Å². The quantitative estimate of drug-likeness (QED) is 0.650. The van der Waals surface area contributed by atoms with E-state index in [9.17, 15) is 14.9 Å². The molecule has 2 rings (SSSR count). The Bertz CT molecular complexity index is 690. The number of allylic oxidation sites excluding steroid dienone is 1. The number of rotatable bonds is 5. The third-order valence-electron chi connectivity index (χ3n) is 3.94. The Balaban J connectivity index is 2.65. The number of carbonyl (C=O) groups is 1. The van der Waals surface area contributed by atoms with E-state index in [1.54, 1.807) is 12.1 Å². The van der Waals surface area contributed by atoms with Crippen LogP contribution in [0.1, 0.15) is 18.5 Å². The molecule has 0 radical (unpaired) electrons. The van der Waals surface area contributed by atoms with E-state index in [1.165, 1.54) is 40.2 Å². The number of nitrogens with one attached hydrogen (secondary N) is 1. The molecule has 24 heavy (non-hydrogen) atoms. The first-order valence-corrected chi connectivity index (χ1v) is 7.05. The summed E-state index contributed by atoms with van der Waals surface area (Å²) in [7, 11) is 5.83. The molecule has 0 unspecified atom stereocenters. The van der Waals surface area contributed by atoms with Crippen molar-refractivity contribution in [2.75, 3.05) is 28.4 Å². The van der Waals surface area contributed by atoms with Gasteiger partial charge in [-0.3, -0.25) is 15.0 Å². The molecule has 0 bridgehead atoms. The van der Waals surface area contributed by atoms with Crippen molar-refractivity contribution in [1.82, 2.24) is 10.2 Å². The Morgan fingerprint density at radius 3 is 2.12 bits per heavy atom. The number of hydrogen-bond acceptors (Lipinski definition) is 6. The lowest BCUT2D eigenvalue weighted by Gasteiger charge is -2.29. The molecule has 9 heteroatoms. The molecule has 2 amide bonds. The van der Waals surface area contributed by atoms with Gasteiger partial charge in [-0.05, 0) is 24.6 Å². The van der Waals surface area contributed by atoms with Gasteiger partial charge in [-0.15, -0.1) is 0 Å². The molecule has 1 aliphatic heterocycles. The highest BCUT2D eigenvalue weighted by Crippen LogP contribution is 2.41. The molecule has 1 aromatic carbocycles. The molecule has 0 aromatic heterocycles. The van der Waals surface area contributed by atoms with Gasteiger partial charge in [0.15, 0.2) is 11.5 Å². The van der Waals surface area contributed by atoms with Crippen LogP contribution in [0.3, 0.4) is 0 Å². The second-order valence-corrected chi connectivity index (χ2v) is 5.13. The van der Waals surface area contributed by atoms with E-state index < -0.39 is 17.0 Å². The van der Waals surface area contributed by atoms with Crippen LogP contribution in [-0.4, -0.2) is 44.2 Å². The monoisotopic (exact) mass is 337 g/mol. The Labute approximate surface area is 138 Å². The highest BCUT2D eigenvalue weighted by molar-refractivity contribution is 5.78. The first kappa shape index (κ1) is 17.4. The maximum absolute atomic E-state index is 12.1. The van der Waals surface area contributed by atoms with Crippen molar-refractivity contribution in [3.8, 4) is 17.2 Å². The molecule has 0 aliphatic carbocycles. The second-order valence-electron chi connectivity index (χ2n) is 5.13. The van der Waals surface area contributed by atoms with Crippen LogP contribution in [0, 0.1) is 10.1 Å². The van der Waals surface area contributed by atoms with Gasteiger partial charge in [-0.2, -0.15) is 0 Å². The predicted molar refractivity (Wildman–Crippen MR) is 84.8 cm³/mol. The molecule has 1 heterocycles. The Morgan fingerprint density at radius 1 is 1.17 bits per heavy atom. The summed E-state index contributed by atoms with van der Waals surface area (Å²) in [6.45, 7) is 1.53. The molecule has 9 nitrogen and oxygen atoms in total. The van der Waals surface area contributed by atoms with Crippen LogP contribution in [0.25, 0.3) is 0 Å².